The van der Waals surface area contributed by atoms with E-state index in [1.807, 2.05) is 0 Å². The molecule has 0 fully saturated rings. The van der Waals surface area contributed by atoms with E-state index in [2.05, 4.69) is 32.9 Å². The molecule has 4 nitrogen and oxygen atoms in total. The molecule has 0 heterocycles. The summed E-state index contributed by atoms with van der Waals surface area (Å²) in [5.74, 6) is -0.287. The minimum Gasteiger partial charge on any atom is -0.463 e. The average molecular weight is 499 g/mol. The Morgan fingerprint density at radius 2 is 1.00 bits per heavy atom. The molecule has 0 radical (unpaired) electrons. The van der Waals surface area contributed by atoms with Crippen molar-refractivity contribution < 1.29 is 19.7 Å². The fourth-order valence-electron chi connectivity index (χ4n) is 3.86. The molecule has 35 heavy (non-hydrogen) atoms. The summed E-state index contributed by atoms with van der Waals surface area (Å²) in [5, 5.41) is 17.7. The smallest absolute Gasteiger partial charge is 0.305 e. The lowest BCUT2D eigenvalue weighted by atomic mass is 10.1. The van der Waals surface area contributed by atoms with Crippen LogP contribution in [0.2, 0.25) is 0 Å². The molecule has 0 spiro atoms. The number of unbranched alkanes of at least 4 members (excludes halogenated alkanes) is 18. The van der Waals surface area contributed by atoms with Gasteiger partial charge in [-0.15, -0.1) is 0 Å². The minimum absolute atomic E-state index is 0.111. The van der Waals surface area contributed by atoms with Gasteiger partial charge in [-0.25, -0.2) is 0 Å². The van der Waals surface area contributed by atoms with Crippen molar-refractivity contribution in [1.29, 1.82) is 0 Å². The summed E-state index contributed by atoms with van der Waals surface area (Å²) in [5.41, 5.74) is 0. The van der Waals surface area contributed by atoms with Crippen LogP contribution in [-0.2, 0) is 9.53 Å². The summed E-state index contributed by atoms with van der Waals surface area (Å²) in [7, 11) is 0. The lowest BCUT2D eigenvalue weighted by molar-refractivity contribution is -0.147. The van der Waals surface area contributed by atoms with Crippen LogP contribution in [0.4, 0.5) is 0 Å². The SMILES string of the molecule is CCCCCCCC/C=C\CCCCCCCC(=O)OCC(O)CO.CCCCCCCCCC. The lowest BCUT2D eigenvalue weighted by Crippen LogP contribution is -2.21. The fraction of sp³-hybridized carbons (Fsp3) is 0.903. The van der Waals surface area contributed by atoms with Crippen molar-refractivity contribution in [3.63, 3.8) is 0 Å². The Bertz CT molecular complexity index is 414. The van der Waals surface area contributed by atoms with Crippen molar-refractivity contribution in [1.82, 2.24) is 0 Å². The Hall–Kier alpha value is -0.870. The highest BCUT2D eigenvalue weighted by molar-refractivity contribution is 5.69. The van der Waals surface area contributed by atoms with E-state index in [4.69, 9.17) is 14.9 Å². The van der Waals surface area contributed by atoms with Crippen molar-refractivity contribution in [2.45, 2.75) is 168 Å². The average Bonchev–Trinajstić information content (AvgIpc) is 2.87. The van der Waals surface area contributed by atoms with Crippen LogP contribution in [0.3, 0.4) is 0 Å². The Kier molecular flexibility index (Phi) is 34.3. The normalized spacial score (nSPS) is 11.9. The van der Waals surface area contributed by atoms with Gasteiger partial charge in [-0.05, 0) is 32.1 Å². The van der Waals surface area contributed by atoms with Crippen LogP contribution in [0.15, 0.2) is 12.2 Å². The number of carbonyl (C=O) groups is 1. The van der Waals surface area contributed by atoms with Crippen LogP contribution in [0.1, 0.15) is 162 Å². The number of rotatable bonds is 25. The van der Waals surface area contributed by atoms with Gasteiger partial charge in [0.2, 0.25) is 0 Å². The van der Waals surface area contributed by atoms with Crippen LogP contribution in [-0.4, -0.2) is 35.5 Å². The maximum atomic E-state index is 11.4. The van der Waals surface area contributed by atoms with Gasteiger partial charge < -0.3 is 14.9 Å². The van der Waals surface area contributed by atoms with E-state index in [-0.39, 0.29) is 19.2 Å². The van der Waals surface area contributed by atoms with Crippen LogP contribution in [0, 0.1) is 0 Å². The monoisotopic (exact) mass is 498 g/mol. The topological polar surface area (TPSA) is 66.8 Å². The van der Waals surface area contributed by atoms with Gasteiger partial charge in [0.05, 0.1) is 6.61 Å². The summed E-state index contributed by atoms with van der Waals surface area (Å²) in [6.07, 6.45) is 31.6. The third kappa shape index (κ3) is 35.4. The first kappa shape index (κ1) is 36.3. The standard InChI is InChI=1S/C21H40O4.C10H22/c1-2-3-4-5-6-7-8-9-10-11-12-13-14-15-16-17-21(24)25-19-20(23)18-22;1-3-5-7-9-10-8-6-4-2/h9-10,20,22-23H,2-8,11-19H2,1H3;3-10H2,1-2H3/b10-9-;. The third-order valence-electron chi connectivity index (χ3n) is 6.25. The molecule has 1 unspecified atom stereocenters. The number of aliphatic hydroxyl groups is 2. The molecule has 0 bridgehead atoms. The Labute approximate surface area is 219 Å². The van der Waals surface area contributed by atoms with Crippen LogP contribution >= 0.6 is 0 Å². The van der Waals surface area contributed by atoms with Gasteiger partial charge in [0, 0.05) is 6.42 Å². The molecule has 0 aromatic rings. The second-order valence-electron chi connectivity index (χ2n) is 9.98. The number of carbonyl (C=O) groups excluding carboxylic acids is 1. The number of hydrogen-bond donors (Lipinski definition) is 2. The molecule has 0 aromatic carbocycles. The van der Waals surface area contributed by atoms with E-state index in [9.17, 15) is 4.79 Å². The second kappa shape index (κ2) is 33.1. The van der Waals surface area contributed by atoms with Gasteiger partial charge in [-0.1, -0.05) is 136 Å². The Morgan fingerprint density at radius 3 is 1.40 bits per heavy atom. The molecule has 0 saturated heterocycles. The van der Waals surface area contributed by atoms with E-state index in [0.717, 1.165) is 25.7 Å². The zero-order valence-electron chi connectivity index (χ0n) is 23.9. The maximum Gasteiger partial charge on any atom is 0.305 e. The molecule has 0 saturated carbocycles. The molecule has 2 N–H and O–H groups in total. The molecular weight excluding hydrogens is 436 g/mol. The van der Waals surface area contributed by atoms with Crippen LogP contribution in [0.25, 0.3) is 0 Å². The van der Waals surface area contributed by atoms with E-state index >= 15 is 0 Å². The fourth-order valence-corrected chi connectivity index (χ4v) is 3.86. The highest BCUT2D eigenvalue weighted by atomic mass is 16.5. The highest BCUT2D eigenvalue weighted by Crippen LogP contribution is 2.10. The number of hydrogen-bond acceptors (Lipinski definition) is 4. The molecule has 0 amide bonds. The summed E-state index contributed by atoms with van der Waals surface area (Å²) in [4.78, 5) is 11.4. The quantitative estimate of drug-likeness (QED) is 0.0748. The van der Waals surface area contributed by atoms with E-state index in [1.165, 1.54) is 109 Å². The first-order chi connectivity index (χ1) is 17.1. The van der Waals surface area contributed by atoms with Crippen molar-refractivity contribution in [2.75, 3.05) is 13.2 Å². The predicted molar refractivity (Wildman–Crippen MR) is 152 cm³/mol. The molecule has 0 aliphatic heterocycles. The van der Waals surface area contributed by atoms with Crippen molar-refractivity contribution >= 4 is 5.97 Å². The first-order valence-corrected chi connectivity index (χ1v) is 15.2. The first-order valence-electron chi connectivity index (χ1n) is 15.2. The van der Waals surface area contributed by atoms with Gasteiger partial charge in [0.25, 0.3) is 0 Å². The molecule has 0 aliphatic rings. The Morgan fingerprint density at radius 1 is 0.629 bits per heavy atom. The number of allylic oxidation sites excluding steroid dienone is 2. The van der Waals surface area contributed by atoms with E-state index < -0.39 is 6.10 Å². The number of esters is 1. The number of ether oxygens (including phenoxy) is 1. The van der Waals surface area contributed by atoms with E-state index in [0.29, 0.717) is 6.42 Å². The minimum atomic E-state index is -0.960. The summed E-state index contributed by atoms with van der Waals surface area (Å²) >= 11 is 0. The highest BCUT2D eigenvalue weighted by Gasteiger charge is 2.07. The molecule has 0 rings (SSSR count). The van der Waals surface area contributed by atoms with E-state index in [1.54, 1.807) is 0 Å². The molecular formula is C31H62O4. The summed E-state index contributed by atoms with van der Waals surface area (Å²) < 4.78 is 4.86. The van der Waals surface area contributed by atoms with Gasteiger partial charge in [0.1, 0.15) is 12.7 Å². The molecule has 0 aliphatic carbocycles. The van der Waals surface area contributed by atoms with Gasteiger partial charge in [-0.3, -0.25) is 4.79 Å². The zero-order chi connectivity index (χ0) is 26.2. The third-order valence-corrected chi connectivity index (χ3v) is 6.25. The predicted octanol–water partition coefficient (Wildman–Crippen LogP) is 9.07. The van der Waals surface area contributed by atoms with Crippen molar-refractivity contribution in [3.05, 3.63) is 12.2 Å². The number of aliphatic hydroxyl groups excluding tert-OH is 2. The summed E-state index contributed by atoms with van der Waals surface area (Å²) in [6.45, 7) is 6.31. The lowest BCUT2D eigenvalue weighted by Gasteiger charge is -2.08. The second-order valence-corrected chi connectivity index (χ2v) is 9.98. The largest absolute Gasteiger partial charge is 0.463 e. The zero-order valence-corrected chi connectivity index (χ0v) is 23.9. The molecule has 0 aromatic heterocycles. The molecule has 4 heteroatoms. The van der Waals surface area contributed by atoms with Crippen LogP contribution in [0.5, 0.6) is 0 Å². The van der Waals surface area contributed by atoms with Gasteiger partial charge >= 0.3 is 5.97 Å². The van der Waals surface area contributed by atoms with Crippen LogP contribution < -0.4 is 0 Å². The maximum absolute atomic E-state index is 11.4. The van der Waals surface area contributed by atoms with Crippen molar-refractivity contribution in [2.24, 2.45) is 0 Å². The molecule has 210 valence electrons. The van der Waals surface area contributed by atoms with Gasteiger partial charge in [0.15, 0.2) is 0 Å². The van der Waals surface area contributed by atoms with Gasteiger partial charge in [-0.2, -0.15) is 0 Å². The summed E-state index contributed by atoms with van der Waals surface area (Å²) in [6, 6.07) is 0. The Balaban J connectivity index is 0. The molecule has 1 atom stereocenters. The van der Waals surface area contributed by atoms with Crippen molar-refractivity contribution in [3.8, 4) is 0 Å².